The second kappa shape index (κ2) is 5.19. The van der Waals surface area contributed by atoms with E-state index < -0.39 is 0 Å². The second-order valence-electron chi connectivity index (χ2n) is 5.02. The highest BCUT2D eigenvalue weighted by Crippen LogP contribution is 2.32. The van der Waals surface area contributed by atoms with E-state index in [0.717, 1.165) is 22.6 Å². The Balaban J connectivity index is 2.91. The molecular weight excluding hydrogens is 218 g/mol. The molecule has 0 unspecified atom stereocenters. The molecule has 16 heavy (non-hydrogen) atoms. The molecule has 0 saturated heterocycles. The van der Waals surface area contributed by atoms with Crippen LogP contribution in [0.25, 0.3) is 0 Å². The molecule has 1 atom stereocenters. The molecule has 90 valence electrons. The summed E-state index contributed by atoms with van der Waals surface area (Å²) in [7, 11) is 0. The van der Waals surface area contributed by atoms with Crippen molar-refractivity contribution in [1.29, 1.82) is 0 Å². The largest absolute Gasteiger partial charge is 0.388 e. The number of aromatic nitrogens is 1. The Morgan fingerprint density at radius 2 is 2.06 bits per heavy atom. The van der Waals surface area contributed by atoms with Gasteiger partial charge in [-0.1, -0.05) is 27.7 Å². The molecule has 0 spiro atoms. The Morgan fingerprint density at radius 3 is 2.50 bits per heavy atom. The van der Waals surface area contributed by atoms with E-state index in [9.17, 15) is 5.11 Å². The number of rotatable bonds is 3. The number of thioether (sulfide) groups is 1. The minimum atomic E-state index is -0.388. The highest BCUT2D eigenvalue weighted by atomic mass is 32.2. The lowest BCUT2D eigenvalue weighted by atomic mass is 10.1. The molecule has 0 aliphatic rings. The van der Waals surface area contributed by atoms with Crippen molar-refractivity contribution in [2.45, 2.75) is 56.9 Å². The van der Waals surface area contributed by atoms with E-state index in [1.165, 1.54) is 0 Å². The third-order valence-corrected chi connectivity index (χ3v) is 3.33. The Kier molecular flexibility index (Phi) is 4.39. The third-order valence-electron chi connectivity index (χ3n) is 2.28. The molecule has 3 heteroatoms. The highest BCUT2D eigenvalue weighted by molar-refractivity contribution is 8.00. The first-order valence-electron chi connectivity index (χ1n) is 5.67. The van der Waals surface area contributed by atoms with Crippen LogP contribution in [-0.4, -0.2) is 14.8 Å². The summed E-state index contributed by atoms with van der Waals surface area (Å²) in [6.45, 7) is 10.5. The molecule has 0 aromatic carbocycles. The predicted molar refractivity (Wildman–Crippen MR) is 69.8 cm³/mol. The number of hydrogen-bond donors (Lipinski definition) is 1. The van der Waals surface area contributed by atoms with Gasteiger partial charge in [0, 0.05) is 16.5 Å². The fraction of sp³-hybridized carbons (Fsp3) is 0.615. The maximum atomic E-state index is 9.79. The van der Waals surface area contributed by atoms with Gasteiger partial charge < -0.3 is 5.11 Å². The van der Waals surface area contributed by atoms with E-state index in [0.29, 0.717) is 0 Å². The second-order valence-corrected chi connectivity index (χ2v) is 6.86. The maximum Gasteiger partial charge on any atom is 0.0967 e. The standard InChI is InChI=1S/C13H21NOS/c1-6-11(15)10-8-14-12(7-9(10)2)16-13(3,4)5/h7-8,11,15H,6H2,1-5H3/t11-/m1/s1. The van der Waals surface area contributed by atoms with Crippen LogP contribution in [0.5, 0.6) is 0 Å². The van der Waals surface area contributed by atoms with Gasteiger partial charge in [0.05, 0.1) is 11.1 Å². The van der Waals surface area contributed by atoms with Crippen molar-refractivity contribution < 1.29 is 5.11 Å². The fourth-order valence-electron chi connectivity index (χ4n) is 1.48. The molecule has 2 nitrogen and oxygen atoms in total. The van der Waals surface area contributed by atoms with E-state index in [1.807, 2.05) is 13.8 Å². The van der Waals surface area contributed by atoms with Gasteiger partial charge in [0.25, 0.3) is 0 Å². The van der Waals surface area contributed by atoms with Gasteiger partial charge in [-0.05, 0) is 25.0 Å². The molecule has 1 rings (SSSR count). The SMILES string of the molecule is CC[C@@H](O)c1cnc(SC(C)(C)C)cc1C. The Bertz CT molecular complexity index is 357. The molecular formula is C13H21NOS. The van der Waals surface area contributed by atoms with Crippen LogP contribution < -0.4 is 0 Å². The monoisotopic (exact) mass is 239 g/mol. The van der Waals surface area contributed by atoms with E-state index in [2.05, 4.69) is 31.8 Å². The molecule has 1 heterocycles. The van der Waals surface area contributed by atoms with Gasteiger partial charge in [-0.25, -0.2) is 4.98 Å². The quantitative estimate of drug-likeness (QED) is 0.816. The Labute approximate surface area is 102 Å². The Hall–Kier alpha value is -0.540. The van der Waals surface area contributed by atoms with Crippen molar-refractivity contribution in [2.75, 3.05) is 0 Å². The fourth-order valence-corrected chi connectivity index (χ4v) is 2.45. The normalized spacial score (nSPS) is 13.9. The van der Waals surface area contributed by atoms with Crippen molar-refractivity contribution in [3.05, 3.63) is 23.4 Å². The first kappa shape index (κ1) is 13.5. The average Bonchev–Trinajstić information content (AvgIpc) is 2.14. The number of aliphatic hydroxyl groups is 1. The summed E-state index contributed by atoms with van der Waals surface area (Å²) in [6, 6.07) is 2.06. The molecule has 0 radical (unpaired) electrons. The van der Waals surface area contributed by atoms with E-state index in [-0.39, 0.29) is 10.9 Å². The lowest BCUT2D eigenvalue weighted by Crippen LogP contribution is -2.08. The zero-order chi connectivity index (χ0) is 12.3. The van der Waals surface area contributed by atoms with Gasteiger partial charge in [-0.2, -0.15) is 0 Å². The predicted octanol–water partition coefficient (Wildman–Crippen LogP) is 3.72. The topological polar surface area (TPSA) is 33.1 Å². The van der Waals surface area contributed by atoms with Crippen LogP contribution in [0.3, 0.4) is 0 Å². The van der Waals surface area contributed by atoms with Crippen LogP contribution in [-0.2, 0) is 0 Å². The van der Waals surface area contributed by atoms with Crippen LogP contribution in [0.15, 0.2) is 17.3 Å². The molecule has 1 N–H and O–H groups in total. The smallest absolute Gasteiger partial charge is 0.0967 e. The average molecular weight is 239 g/mol. The van der Waals surface area contributed by atoms with Gasteiger partial charge in [-0.15, -0.1) is 11.8 Å². The summed E-state index contributed by atoms with van der Waals surface area (Å²) in [5.74, 6) is 0. The number of aryl methyl sites for hydroxylation is 1. The maximum absolute atomic E-state index is 9.79. The zero-order valence-corrected chi connectivity index (χ0v) is 11.6. The molecule has 1 aromatic rings. The van der Waals surface area contributed by atoms with Gasteiger partial charge in [0.1, 0.15) is 0 Å². The van der Waals surface area contributed by atoms with Gasteiger partial charge in [-0.3, -0.25) is 0 Å². The number of nitrogens with zero attached hydrogens (tertiary/aromatic N) is 1. The highest BCUT2D eigenvalue weighted by Gasteiger charge is 2.15. The van der Waals surface area contributed by atoms with Crippen molar-refractivity contribution in [3.63, 3.8) is 0 Å². The summed E-state index contributed by atoms with van der Waals surface area (Å²) in [5, 5.41) is 10.8. The summed E-state index contributed by atoms with van der Waals surface area (Å²) >= 11 is 1.75. The van der Waals surface area contributed by atoms with E-state index in [1.54, 1.807) is 18.0 Å². The third kappa shape index (κ3) is 3.80. The molecule has 0 amide bonds. The molecule has 0 aliphatic heterocycles. The summed E-state index contributed by atoms with van der Waals surface area (Å²) in [5.41, 5.74) is 2.07. The van der Waals surface area contributed by atoms with Crippen molar-refractivity contribution in [2.24, 2.45) is 0 Å². The molecule has 0 saturated carbocycles. The first-order valence-corrected chi connectivity index (χ1v) is 6.48. The van der Waals surface area contributed by atoms with E-state index >= 15 is 0 Å². The molecule has 0 fully saturated rings. The summed E-state index contributed by atoms with van der Waals surface area (Å²) < 4.78 is 0.171. The molecule has 0 aliphatic carbocycles. The van der Waals surface area contributed by atoms with Gasteiger partial charge >= 0.3 is 0 Å². The zero-order valence-electron chi connectivity index (χ0n) is 10.7. The lowest BCUT2D eigenvalue weighted by Gasteiger charge is -2.18. The number of pyridine rings is 1. The van der Waals surface area contributed by atoms with Crippen LogP contribution in [0.1, 0.15) is 51.3 Å². The van der Waals surface area contributed by atoms with Crippen molar-refractivity contribution in [3.8, 4) is 0 Å². The van der Waals surface area contributed by atoms with Crippen LogP contribution in [0.2, 0.25) is 0 Å². The molecule has 1 aromatic heterocycles. The summed E-state index contributed by atoms with van der Waals surface area (Å²) in [6.07, 6.45) is 2.15. The van der Waals surface area contributed by atoms with Crippen LogP contribution in [0.4, 0.5) is 0 Å². The number of aliphatic hydroxyl groups excluding tert-OH is 1. The first-order chi connectivity index (χ1) is 7.33. The van der Waals surface area contributed by atoms with Crippen molar-refractivity contribution >= 4 is 11.8 Å². The minimum Gasteiger partial charge on any atom is -0.388 e. The minimum absolute atomic E-state index is 0.171. The van der Waals surface area contributed by atoms with Crippen LogP contribution >= 0.6 is 11.8 Å². The lowest BCUT2D eigenvalue weighted by molar-refractivity contribution is 0.172. The van der Waals surface area contributed by atoms with Gasteiger partial charge in [0.2, 0.25) is 0 Å². The summed E-state index contributed by atoms with van der Waals surface area (Å²) in [4.78, 5) is 4.40. The van der Waals surface area contributed by atoms with E-state index in [4.69, 9.17) is 0 Å². The Morgan fingerprint density at radius 1 is 1.44 bits per heavy atom. The van der Waals surface area contributed by atoms with Gasteiger partial charge in [0.15, 0.2) is 0 Å². The van der Waals surface area contributed by atoms with Crippen molar-refractivity contribution in [1.82, 2.24) is 4.98 Å². The molecule has 0 bridgehead atoms. The number of hydrogen-bond acceptors (Lipinski definition) is 3. The van der Waals surface area contributed by atoms with Crippen LogP contribution in [0, 0.1) is 6.92 Å².